The summed E-state index contributed by atoms with van der Waals surface area (Å²) in [5, 5.41) is 0. The fourth-order valence-electron chi connectivity index (χ4n) is 4.05. The molecule has 2 heterocycles. The molecule has 0 bridgehead atoms. The third kappa shape index (κ3) is 6.03. The Hall–Kier alpha value is -3.09. The van der Waals surface area contributed by atoms with Gasteiger partial charge in [-0.15, -0.1) is 0 Å². The number of carbonyl (C=O) groups excluding carboxylic acids is 2. The van der Waals surface area contributed by atoms with Gasteiger partial charge in [0.15, 0.2) is 0 Å². The molecule has 0 unspecified atom stereocenters. The van der Waals surface area contributed by atoms with Gasteiger partial charge in [-0.2, -0.15) is 0 Å². The lowest BCUT2D eigenvalue weighted by molar-refractivity contribution is -0.119. The predicted molar refractivity (Wildman–Crippen MR) is 130 cm³/mol. The second-order valence-corrected chi connectivity index (χ2v) is 9.67. The summed E-state index contributed by atoms with van der Waals surface area (Å²) in [5.74, 6) is 1.07. The van der Waals surface area contributed by atoms with Gasteiger partial charge in [-0.05, 0) is 65.3 Å². The second-order valence-electron chi connectivity index (χ2n) is 9.67. The highest BCUT2D eigenvalue weighted by atomic mass is 16.6. The van der Waals surface area contributed by atoms with E-state index >= 15 is 0 Å². The minimum Gasteiger partial charge on any atom is -0.496 e. The molecule has 1 amide bonds. The SMILES string of the molecule is COc1c(C)cnc(CN(C(=O)OC(C)(C)C)c2cc(C)cc(N3CCC(=O)CC3)c2)c1C. The molecule has 0 atom stereocenters. The Kier molecular flexibility index (Phi) is 7.30. The molecule has 1 aromatic heterocycles. The summed E-state index contributed by atoms with van der Waals surface area (Å²) >= 11 is 0. The van der Waals surface area contributed by atoms with Gasteiger partial charge in [0.25, 0.3) is 0 Å². The summed E-state index contributed by atoms with van der Waals surface area (Å²) in [7, 11) is 1.64. The molecule has 1 aromatic carbocycles. The number of ether oxygens (including phenoxy) is 2. The number of nitrogens with zero attached hydrogens (tertiary/aromatic N) is 3. The molecule has 33 heavy (non-hydrogen) atoms. The Labute approximate surface area is 196 Å². The number of carbonyl (C=O) groups is 2. The maximum absolute atomic E-state index is 13.3. The second kappa shape index (κ2) is 9.81. The molecule has 7 nitrogen and oxygen atoms in total. The van der Waals surface area contributed by atoms with Gasteiger partial charge in [-0.3, -0.25) is 14.7 Å². The highest BCUT2D eigenvalue weighted by Crippen LogP contribution is 2.31. The van der Waals surface area contributed by atoms with E-state index in [9.17, 15) is 9.59 Å². The van der Waals surface area contributed by atoms with Gasteiger partial charge in [0.05, 0.1) is 19.3 Å². The van der Waals surface area contributed by atoms with Gasteiger partial charge >= 0.3 is 6.09 Å². The van der Waals surface area contributed by atoms with Crippen LogP contribution in [0, 0.1) is 20.8 Å². The van der Waals surface area contributed by atoms with Crippen molar-refractivity contribution < 1.29 is 19.1 Å². The van der Waals surface area contributed by atoms with E-state index in [4.69, 9.17) is 9.47 Å². The van der Waals surface area contributed by atoms with E-state index in [1.807, 2.05) is 53.7 Å². The van der Waals surface area contributed by atoms with E-state index in [0.717, 1.165) is 39.5 Å². The average molecular weight is 454 g/mol. The summed E-state index contributed by atoms with van der Waals surface area (Å²) in [5.41, 5.74) is 4.71. The van der Waals surface area contributed by atoms with Crippen molar-refractivity contribution in [1.29, 1.82) is 0 Å². The Morgan fingerprint density at radius 3 is 2.39 bits per heavy atom. The fraction of sp³-hybridized carbons (Fsp3) is 0.500. The minimum absolute atomic E-state index is 0.249. The Morgan fingerprint density at radius 1 is 1.12 bits per heavy atom. The van der Waals surface area contributed by atoms with Crippen molar-refractivity contribution in [3.05, 3.63) is 46.8 Å². The van der Waals surface area contributed by atoms with Crippen LogP contribution in [0.15, 0.2) is 24.4 Å². The first kappa shape index (κ1) is 24.6. The molecule has 7 heteroatoms. The normalized spacial score (nSPS) is 14.3. The Bertz CT molecular complexity index is 1030. The number of benzene rings is 1. The molecule has 1 aliphatic rings. The maximum Gasteiger partial charge on any atom is 0.415 e. The van der Waals surface area contributed by atoms with Crippen LogP contribution in [0.2, 0.25) is 0 Å². The van der Waals surface area contributed by atoms with Gasteiger partial charge in [0, 0.05) is 54.6 Å². The quantitative estimate of drug-likeness (QED) is 0.625. The van der Waals surface area contributed by atoms with Crippen molar-refractivity contribution in [3.63, 3.8) is 0 Å². The van der Waals surface area contributed by atoms with E-state index < -0.39 is 11.7 Å². The molecule has 1 aliphatic heterocycles. The monoisotopic (exact) mass is 453 g/mol. The van der Waals surface area contributed by atoms with Gasteiger partial charge in [0.1, 0.15) is 17.1 Å². The molecule has 0 radical (unpaired) electrons. The van der Waals surface area contributed by atoms with Gasteiger partial charge in [-0.1, -0.05) is 0 Å². The summed E-state index contributed by atoms with van der Waals surface area (Å²) in [4.78, 5) is 33.4. The fourth-order valence-corrected chi connectivity index (χ4v) is 4.05. The average Bonchev–Trinajstić information content (AvgIpc) is 2.72. The van der Waals surface area contributed by atoms with Crippen LogP contribution in [0.25, 0.3) is 0 Å². The summed E-state index contributed by atoms with van der Waals surface area (Å²) in [6.45, 7) is 13.1. The number of amides is 1. The zero-order valence-corrected chi connectivity index (χ0v) is 20.8. The predicted octanol–water partition coefficient (Wildman–Crippen LogP) is 5.13. The molecule has 0 spiro atoms. The number of methoxy groups -OCH3 is 1. The molecular weight excluding hydrogens is 418 g/mol. The number of aromatic nitrogens is 1. The lowest BCUT2D eigenvalue weighted by atomic mass is 10.1. The molecule has 1 fully saturated rings. The van der Waals surface area contributed by atoms with Crippen LogP contribution in [0.3, 0.4) is 0 Å². The summed E-state index contributed by atoms with van der Waals surface area (Å²) in [6, 6.07) is 6.06. The van der Waals surface area contributed by atoms with Crippen LogP contribution in [0.5, 0.6) is 5.75 Å². The number of hydrogen-bond acceptors (Lipinski definition) is 6. The van der Waals surface area contributed by atoms with Crippen LogP contribution in [0.1, 0.15) is 56.0 Å². The lowest BCUT2D eigenvalue weighted by Crippen LogP contribution is -2.37. The first-order valence-corrected chi connectivity index (χ1v) is 11.4. The molecule has 1 saturated heterocycles. The standard InChI is InChI=1S/C26H35N3O4/c1-17-12-20(28-10-8-22(30)9-11-28)14-21(13-17)29(25(31)33-26(4,5)6)16-23-19(3)24(32-7)18(2)15-27-23/h12-15H,8-11,16H2,1-7H3. The zero-order chi connectivity index (χ0) is 24.3. The van der Waals surface area contributed by atoms with Gasteiger partial charge in [-0.25, -0.2) is 4.79 Å². The first-order valence-electron chi connectivity index (χ1n) is 11.4. The van der Waals surface area contributed by atoms with E-state index in [-0.39, 0.29) is 6.54 Å². The number of piperidine rings is 1. The first-order chi connectivity index (χ1) is 15.5. The van der Waals surface area contributed by atoms with Crippen molar-refractivity contribution in [1.82, 2.24) is 4.98 Å². The zero-order valence-electron chi connectivity index (χ0n) is 20.8. The van der Waals surface area contributed by atoms with Crippen LogP contribution >= 0.6 is 0 Å². The Morgan fingerprint density at radius 2 is 1.79 bits per heavy atom. The van der Waals surface area contributed by atoms with E-state index in [1.54, 1.807) is 18.2 Å². The molecular formula is C26H35N3O4. The van der Waals surface area contributed by atoms with E-state index in [0.29, 0.717) is 31.7 Å². The minimum atomic E-state index is -0.636. The van der Waals surface area contributed by atoms with Gasteiger partial charge in [0.2, 0.25) is 0 Å². The highest BCUT2D eigenvalue weighted by molar-refractivity contribution is 5.89. The van der Waals surface area contributed by atoms with E-state index in [1.165, 1.54) is 0 Å². The number of ketones is 1. The third-order valence-electron chi connectivity index (χ3n) is 5.72. The van der Waals surface area contributed by atoms with E-state index in [2.05, 4.69) is 16.0 Å². The molecule has 178 valence electrons. The number of hydrogen-bond donors (Lipinski definition) is 0. The summed E-state index contributed by atoms with van der Waals surface area (Å²) in [6.07, 6.45) is 2.42. The number of aryl methyl sites for hydroxylation is 2. The number of rotatable bonds is 5. The lowest BCUT2D eigenvalue weighted by Gasteiger charge is -2.31. The third-order valence-corrected chi connectivity index (χ3v) is 5.72. The van der Waals surface area contributed by atoms with Crippen LogP contribution in [0.4, 0.5) is 16.2 Å². The number of Topliss-reactive ketones (excluding diaryl/α,β-unsaturated/α-hetero) is 1. The molecule has 3 rings (SSSR count). The van der Waals surface area contributed by atoms with Gasteiger partial charge < -0.3 is 14.4 Å². The van der Waals surface area contributed by atoms with Crippen molar-refractivity contribution in [3.8, 4) is 5.75 Å². The maximum atomic E-state index is 13.3. The number of pyridine rings is 1. The topological polar surface area (TPSA) is 72.0 Å². The molecule has 0 N–H and O–H groups in total. The highest BCUT2D eigenvalue weighted by Gasteiger charge is 2.27. The number of anilines is 2. The smallest absolute Gasteiger partial charge is 0.415 e. The molecule has 2 aromatic rings. The molecule has 0 saturated carbocycles. The van der Waals surface area contributed by atoms with Crippen LogP contribution in [-0.4, -0.2) is 42.7 Å². The summed E-state index contributed by atoms with van der Waals surface area (Å²) < 4.78 is 11.3. The van der Waals surface area contributed by atoms with Crippen molar-refractivity contribution >= 4 is 23.3 Å². The Balaban J connectivity index is 2.01. The largest absolute Gasteiger partial charge is 0.496 e. The van der Waals surface area contributed by atoms with Crippen molar-refractivity contribution in [2.24, 2.45) is 0 Å². The molecule has 0 aliphatic carbocycles. The van der Waals surface area contributed by atoms with Crippen molar-refractivity contribution in [2.75, 3.05) is 30.0 Å². The van der Waals surface area contributed by atoms with Crippen LogP contribution in [-0.2, 0) is 16.1 Å². The van der Waals surface area contributed by atoms with Crippen molar-refractivity contribution in [2.45, 2.75) is 66.5 Å². The van der Waals surface area contributed by atoms with Crippen LogP contribution < -0.4 is 14.5 Å².